The van der Waals surface area contributed by atoms with E-state index in [1.807, 2.05) is 62.4 Å². The molecule has 0 heterocycles. The van der Waals surface area contributed by atoms with Crippen LogP contribution in [-0.2, 0) is 10.4 Å². The molecule has 108 valence electrons. The summed E-state index contributed by atoms with van der Waals surface area (Å²) in [6.07, 6.45) is 2.42. The van der Waals surface area contributed by atoms with Gasteiger partial charge in [-0.2, -0.15) is 0 Å². The first-order chi connectivity index (χ1) is 10.1. The molecule has 0 aliphatic heterocycles. The van der Waals surface area contributed by atoms with Crippen molar-refractivity contribution in [2.24, 2.45) is 0 Å². The zero-order valence-electron chi connectivity index (χ0n) is 12.2. The molecular formula is C18H19NO2. The number of para-hydroxylation sites is 1. The zero-order chi connectivity index (χ0) is 15.3. The van der Waals surface area contributed by atoms with Crippen LogP contribution in [0.1, 0.15) is 25.0 Å². The molecule has 21 heavy (non-hydrogen) atoms. The number of carbonyl (C=O) groups is 1. The average molecular weight is 281 g/mol. The number of amides is 1. The number of hydrogen-bond acceptors (Lipinski definition) is 2. The van der Waals surface area contributed by atoms with Crippen LogP contribution in [0.15, 0.2) is 66.2 Å². The Morgan fingerprint density at radius 2 is 1.67 bits per heavy atom. The van der Waals surface area contributed by atoms with E-state index in [0.29, 0.717) is 17.7 Å². The topological polar surface area (TPSA) is 49.3 Å². The molecule has 3 heteroatoms. The molecule has 2 N–H and O–H groups in total. The summed E-state index contributed by atoms with van der Waals surface area (Å²) >= 11 is 0. The summed E-state index contributed by atoms with van der Waals surface area (Å²) in [5.41, 5.74) is 1.70. The molecule has 2 rings (SSSR count). The highest BCUT2D eigenvalue weighted by molar-refractivity contribution is 5.75. The van der Waals surface area contributed by atoms with Crippen LogP contribution in [0.5, 0.6) is 0 Å². The fourth-order valence-electron chi connectivity index (χ4n) is 2.43. The van der Waals surface area contributed by atoms with Crippen molar-refractivity contribution in [2.75, 3.05) is 5.32 Å². The van der Waals surface area contributed by atoms with Gasteiger partial charge in [-0.15, -0.1) is 0 Å². The van der Waals surface area contributed by atoms with Crippen LogP contribution in [-0.4, -0.2) is 11.5 Å². The first-order valence-electron chi connectivity index (χ1n) is 6.81. The zero-order valence-corrected chi connectivity index (χ0v) is 12.2. The maximum Gasteiger partial charge on any atom is 0.211 e. The number of anilines is 1. The lowest BCUT2D eigenvalue weighted by Crippen LogP contribution is -2.26. The Kier molecular flexibility index (Phi) is 4.55. The van der Waals surface area contributed by atoms with Crippen LogP contribution < -0.4 is 5.32 Å². The van der Waals surface area contributed by atoms with Crippen molar-refractivity contribution < 1.29 is 9.90 Å². The molecule has 0 bridgehead atoms. The fraction of sp³-hybridized carbons (Fsp3) is 0.167. The lowest BCUT2D eigenvalue weighted by Gasteiger charge is -2.28. The van der Waals surface area contributed by atoms with E-state index in [9.17, 15) is 9.90 Å². The fourth-order valence-corrected chi connectivity index (χ4v) is 2.43. The van der Waals surface area contributed by atoms with Crippen LogP contribution in [0.4, 0.5) is 5.69 Å². The van der Waals surface area contributed by atoms with Gasteiger partial charge in [-0.1, -0.05) is 54.1 Å². The molecule has 0 radical (unpaired) electrons. The average Bonchev–Trinajstić information content (AvgIpc) is 2.48. The van der Waals surface area contributed by atoms with Gasteiger partial charge in [0.15, 0.2) is 0 Å². The molecule has 1 unspecified atom stereocenters. The Hall–Kier alpha value is -2.39. The van der Waals surface area contributed by atoms with Crippen molar-refractivity contribution in [1.82, 2.24) is 0 Å². The molecule has 0 aliphatic rings. The lowest BCUT2D eigenvalue weighted by molar-refractivity contribution is -0.105. The third-order valence-corrected chi connectivity index (χ3v) is 3.26. The Morgan fingerprint density at radius 3 is 2.29 bits per heavy atom. The van der Waals surface area contributed by atoms with Crippen molar-refractivity contribution >= 4 is 12.1 Å². The standard InChI is InChI=1S/C18H19NO2/c1-14(2)12-18(21,15-8-4-3-5-9-15)16-10-6-7-11-17(16)19-13-20/h3-13,21H,1-2H3,(H,19,20). The van der Waals surface area contributed by atoms with Crippen molar-refractivity contribution in [3.8, 4) is 0 Å². The third-order valence-electron chi connectivity index (χ3n) is 3.26. The van der Waals surface area contributed by atoms with E-state index in [0.717, 1.165) is 11.1 Å². The second-order valence-electron chi connectivity index (χ2n) is 5.16. The minimum atomic E-state index is -1.29. The summed E-state index contributed by atoms with van der Waals surface area (Å²) in [7, 11) is 0. The van der Waals surface area contributed by atoms with E-state index in [1.165, 1.54) is 0 Å². The van der Waals surface area contributed by atoms with Crippen LogP contribution >= 0.6 is 0 Å². The van der Waals surface area contributed by atoms with Crippen molar-refractivity contribution in [3.63, 3.8) is 0 Å². The highest BCUT2D eigenvalue weighted by atomic mass is 16.3. The largest absolute Gasteiger partial charge is 0.377 e. The van der Waals surface area contributed by atoms with Gasteiger partial charge >= 0.3 is 0 Å². The predicted octanol–water partition coefficient (Wildman–Crippen LogP) is 3.46. The van der Waals surface area contributed by atoms with Gasteiger partial charge in [0, 0.05) is 11.3 Å². The second-order valence-corrected chi connectivity index (χ2v) is 5.16. The number of allylic oxidation sites excluding steroid dienone is 1. The van der Waals surface area contributed by atoms with Crippen LogP contribution in [0, 0.1) is 0 Å². The molecule has 0 saturated carbocycles. The third kappa shape index (κ3) is 3.20. The molecule has 0 aromatic heterocycles. The first kappa shape index (κ1) is 15.0. The lowest BCUT2D eigenvalue weighted by atomic mass is 9.84. The maximum atomic E-state index is 11.3. The van der Waals surface area contributed by atoms with Gasteiger partial charge in [0.1, 0.15) is 5.60 Å². The van der Waals surface area contributed by atoms with E-state index in [-0.39, 0.29) is 0 Å². The summed E-state index contributed by atoms with van der Waals surface area (Å²) in [5, 5.41) is 14.0. The molecule has 3 nitrogen and oxygen atoms in total. The number of hydrogen-bond donors (Lipinski definition) is 2. The van der Waals surface area contributed by atoms with Gasteiger partial charge in [0.05, 0.1) is 0 Å². The number of rotatable bonds is 5. The molecule has 1 atom stereocenters. The highest BCUT2D eigenvalue weighted by Gasteiger charge is 2.31. The van der Waals surface area contributed by atoms with E-state index in [1.54, 1.807) is 12.1 Å². The molecule has 2 aromatic rings. The summed E-state index contributed by atoms with van der Waals surface area (Å²) in [6.45, 7) is 3.87. The SMILES string of the molecule is CC(C)=CC(O)(c1ccccc1)c1ccccc1NC=O. The van der Waals surface area contributed by atoms with E-state index in [4.69, 9.17) is 0 Å². The summed E-state index contributed by atoms with van der Waals surface area (Å²) < 4.78 is 0. The normalized spacial score (nSPS) is 13.1. The number of carbonyl (C=O) groups excluding carboxylic acids is 1. The summed E-state index contributed by atoms with van der Waals surface area (Å²) in [6, 6.07) is 16.7. The van der Waals surface area contributed by atoms with Crippen molar-refractivity contribution in [2.45, 2.75) is 19.4 Å². The molecule has 0 aliphatic carbocycles. The minimum absolute atomic E-state index is 0.594. The van der Waals surface area contributed by atoms with Crippen LogP contribution in [0.25, 0.3) is 0 Å². The highest BCUT2D eigenvalue weighted by Crippen LogP contribution is 2.36. The van der Waals surface area contributed by atoms with Crippen molar-refractivity contribution in [1.29, 1.82) is 0 Å². The predicted molar refractivity (Wildman–Crippen MR) is 85.0 cm³/mol. The number of aliphatic hydroxyl groups is 1. The number of nitrogens with one attached hydrogen (secondary N) is 1. The van der Waals surface area contributed by atoms with Gasteiger partial charge in [-0.3, -0.25) is 4.79 Å². The summed E-state index contributed by atoms with van der Waals surface area (Å²) in [5.74, 6) is 0. The smallest absolute Gasteiger partial charge is 0.211 e. The Morgan fingerprint density at radius 1 is 1.05 bits per heavy atom. The Bertz CT molecular complexity index is 645. The first-order valence-corrected chi connectivity index (χ1v) is 6.81. The monoisotopic (exact) mass is 281 g/mol. The number of benzene rings is 2. The van der Waals surface area contributed by atoms with Gasteiger partial charge in [0.25, 0.3) is 0 Å². The van der Waals surface area contributed by atoms with Crippen LogP contribution in [0.3, 0.4) is 0 Å². The molecule has 0 spiro atoms. The minimum Gasteiger partial charge on any atom is -0.377 e. The van der Waals surface area contributed by atoms with E-state index >= 15 is 0 Å². The van der Waals surface area contributed by atoms with Crippen molar-refractivity contribution in [3.05, 3.63) is 77.4 Å². The Balaban J connectivity index is 2.67. The molecular weight excluding hydrogens is 262 g/mol. The van der Waals surface area contributed by atoms with Gasteiger partial charge in [0.2, 0.25) is 6.41 Å². The van der Waals surface area contributed by atoms with Gasteiger partial charge in [-0.25, -0.2) is 0 Å². The molecule has 1 amide bonds. The summed E-state index contributed by atoms with van der Waals surface area (Å²) in [4.78, 5) is 10.8. The Labute approximate surface area is 124 Å². The van der Waals surface area contributed by atoms with E-state index in [2.05, 4.69) is 5.32 Å². The van der Waals surface area contributed by atoms with Crippen LogP contribution in [0.2, 0.25) is 0 Å². The maximum absolute atomic E-state index is 11.3. The molecule has 2 aromatic carbocycles. The molecule has 0 fully saturated rings. The quantitative estimate of drug-likeness (QED) is 0.651. The van der Waals surface area contributed by atoms with Gasteiger partial charge < -0.3 is 10.4 Å². The van der Waals surface area contributed by atoms with E-state index < -0.39 is 5.60 Å². The second kappa shape index (κ2) is 6.37. The molecule has 0 saturated heterocycles. The van der Waals surface area contributed by atoms with Gasteiger partial charge in [-0.05, 0) is 31.6 Å².